The molecule has 0 radical (unpaired) electrons. The van der Waals surface area contributed by atoms with Gasteiger partial charge < -0.3 is 10.1 Å². The minimum atomic E-state index is -3.25. The quantitative estimate of drug-likeness (QED) is 0.912. The molecule has 2 rings (SSSR count). The molecule has 1 aliphatic rings. The van der Waals surface area contributed by atoms with Crippen molar-refractivity contribution >= 4 is 9.84 Å². The summed E-state index contributed by atoms with van der Waals surface area (Å²) >= 11 is 0. The first-order chi connectivity index (χ1) is 9.00. The fourth-order valence-corrected chi connectivity index (χ4v) is 3.45. The predicted octanol–water partition coefficient (Wildman–Crippen LogP) is 1.64. The van der Waals surface area contributed by atoms with Gasteiger partial charge in [-0.25, -0.2) is 8.42 Å². The van der Waals surface area contributed by atoms with Crippen LogP contribution in [-0.2, 0) is 16.3 Å². The standard InChI is InChI=1S/C14H21NO3S/c1-18-13-6-5-11(9-14(13)19(2,16)17)8-12-4-3-7-15-10-12/h5-6,9,12,15H,3-4,7-8,10H2,1-2H3. The molecular weight excluding hydrogens is 262 g/mol. The fraction of sp³-hybridized carbons (Fsp3) is 0.571. The van der Waals surface area contributed by atoms with Crippen molar-refractivity contribution in [1.29, 1.82) is 0 Å². The Hall–Kier alpha value is -1.07. The van der Waals surface area contributed by atoms with Gasteiger partial charge in [-0.2, -0.15) is 0 Å². The van der Waals surface area contributed by atoms with E-state index >= 15 is 0 Å². The highest BCUT2D eigenvalue weighted by Gasteiger charge is 2.18. The van der Waals surface area contributed by atoms with Gasteiger partial charge in [0, 0.05) is 6.26 Å². The summed E-state index contributed by atoms with van der Waals surface area (Å²) in [6, 6.07) is 5.47. The highest BCUT2D eigenvalue weighted by Crippen LogP contribution is 2.26. The van der Waals surface area contributed by atoms with E-state index in [-0.39, 0.29) is 4.90 Å². The summed E-state index contributed by atoms with van der Waals surface area (Å²) in [4.78, 5) is 0.288. The third-order valence-electron chi connectivity index (χ3n) is 3.55. The molecule has 1 atom stereocenters. The third-order valence-corrected chi connectivity index (χ3v) is 4.67. The fourth-order valence-electron chi connectivity index (χ4n) is 2.57. The van der Waals surface area contributed by atoms with E-state index in [0.717, 1.165) is 25.1 Å². The lowest BCUT2D eigenvalue weighted by atomic mass is 9.92. The topological polar surface area (TPSA) is 55.4 Å². The molecule has 0 spiro atoms. The zero-order chi connectivity index (χ0) is 13.9. The molecule has 1 N–H and O–H groups in total. The highest BCUT2D eigenvalue weighted by atomic mass is 32.2. The first-order valence-electron chi connectivity index (χ1n) is 6.58. The summed E-state index contributed by atoms with van der Waals surface area (Å²) in [7, 11) is -1.75. The zero-order valence-corrected chi connectivity index (χ0v) is 12.3. The molecule has 19 heavy (non-hydrogen) atoms. The van der Waals surface area contributed by atoms with Crippen LogP contribution in [-0.4, -0.2) is 34.9 Å². The summed E-state index contributed by atoms with van der Waals surface area (Å²) in [5.74, 6) is 1.02. The van der Waals surface area contributed by atoms with E-state index in [1.165, 1.54) is 26.2 Å². The van der Waals surface area contributed by atoms with Crippen LogP contribution in [0.2, 0.25) is 0 Å². The molecule has 1 aliphatic heterocycles. The number of rotatable bonds is 4. The number of sulfone groups is 1. The van der Waals surface area contributed by atoms with Crippen LogP contribution in [0.3, 0.4) is 0 Å². The lowest BCUT2D eigenvalue weighted by Gasteiger charge is -2.23. The van der Waals surface area contributed by atoms with Gasteiger partial charge in [-0.15, -0.1) is 0 Å². The molecule has 0 saturated carbocycles. The molecular formula is C14H21NO3S. The van der Waals surface area contributed by atoms with Gasteiger partial charge in [0.25, 0.3) is 0 Å². The first kappa shape index (κ1) is 14.3. The molecule has 1 aromatic rings. The summed E-state index contributed by atoms with van der Waals surface area (Å²) in [6.07, 6.45) is 4.53. The van der Waals surface area contributed by atoms with Crippen molar-refractivity contribution in [3.05, 3.63) is 23.8 Å². The Morgan fingerprint density at radius 1 is 1.42 bits per heavy atom. The molecule has 106 valence electrons. The zero-order valence-electron chi connectivity index (χ0n) is 11.5. The van der Waals surface area contributed by atoms with Crippen LogP contribution in [0.25, 0.3) is 0 Å². The van der Waals surface area contributed by atoms with Crippen LogP contribution in [0.4, 0.5) is 0 Å². The number of nitrogens with one attached hydrogen (secondary N) is 1. The maximum Gasteiger partial charge on any atom is 0.179 e. The number of methoxy groups -OCH3 is 1. The summed E-state index contributed by atoms with van der Waals surface area (Å²) < 4.78 is 28.7. The smallest absolute Gasteiger partial charge is 0.179 e. The maximum atomic E-state index is 11.8. The van der Waals surface area contributed by atoms with Crippen molar-refractivity contribution in [2.45, 2.75) is 24.2 Å². The number of hydrogen-bond donors (Lipinski definition) is 1. The van der Waals surface area contributed by atoms with Crippen molar-refractivity contribution in [3.63, 3.8) is 0 Å². The van der Waals surface area contributed by atoms with E-state index in [0.29, 0.717) is 11.7 Å². The molecule has 1 saturated heterocycles. The molecule has 1 heterocycles. The van der Waals surface area contributed by atoms with E-state index in [9.17, 15) is 8.42 Å². The number of piperidine rings is 1. The monoisotopic (exact) mass is 283 g/mol. The molecule has 0 bridgehead atoms. The van der Waals surface area contributed by atoms with Gasteiger partial charge in [0.2, 0.25) is 0 Å². The molecule has 1 aromatic carbocycles. The number of hydrogen-bond acceptors (Lipinski definition) is 4. The van der Waals surface area contributed by atoms with Crippen LogP contribution < -0.4 is 10.1 Å². The molecule has 1 unspecified atom stereocenters. The minimum Gasteiger partial charge on any atom is -0.495 e. The van der Waals surface area contributed by atoms with E-state index in [1.54, 1.807) is 12.1 Å². The molecule has 5 heteroatoms. The van der Waals surface area contributed by atoms with Crippen LogP contribution >= 0.6 is 0 Å². The summed E-state index contributed by atoms with van der Waals surface area (Å²) in [5.41, 5.74) is 1.06. The van der Waals surface area contributed by atoms with Gasteiger partial charge in [-0.1, -0.05) is 6.07 Å². The van der Waals surface area contributed by atoms with E-state index in [4.69, 9.17) is 4.74 Å². The summed E-state index contributed by atoms with van der Waals surface area (Å²) in [5, 5.41) is 3.38. The van der Waals surface area contributed by atoms with Crippen LogP contribution in [0.1, 0.15) is 18.4 Å². The lowest BCUT2D eigenvalue weighted by Crippen LogP contribution is -2.30. The van der Waals surface area contributed by atoms with E-state index in [1.807, 2.05) is 6.07 Å². The second-order valence-electron chi connectivity index (χ2n) is 5.17. The predicted molar refractivity (Wildman–Crippen MR) is 75.4 cm³/mol. The second-order valence-corrected chi connectivity index (χ2v) is 7.16. The van der Waals surface area contributed by atoms with Crippen molar-refractivity contribution in [3.8, 4) is 5.75 Å². The minimum absolute atomic E-state index is 0.288. The third kappa shape index (κ3) is 3.70. The summed E-state index contributed by atoms with van der Waals surface area (Å²) in [6.45, 7) is 2.11. The van der Waals surface area contributed by atoms with Crippen molar-refractivity contribution in [2.24, 2.45) is 5.92 Å². The normalized spacial score (nSPS) is 20.2. The Labute approximate surface area is 115 Å². The molecule has 0 amide bonds. The van der Waals surface area contributed by atoms with Crippen LogP contribution in [0.15, 0.2) is 23.1 Å². The van der Waals surface area contributed by atoms with Crippen molar-refractivity contribution < 1.29 is 13.2 Å². The van der Waals surface area contributed by atoms with E-state index in [2.05, 4.69) is 5.32 Å². The molecule has 1 fully saturated rings. The Kier molecular flexibility index (Phi) is 4.47. The van der Waals surface area contributed by atoms with Crippen LogP contribution in [0, 0.1) is 5.92 Å². The Balaban J connectivity index is 2.22. The Bertz CT molecular complexity index is 534. The van der Waals surface area contributed by atoms with Gasteiger partial charge in [0.15, 0.2) is 9.84 Å². The maximum absolute atomic E-state index is 11.8. The molecule has 0 aliphatic carbocycles. The number of benzene rings is 1. The average molecular weight is 283 g/mol. The molecule has 4 nitrogen and oxygen atoms in total. The van der Waals surface area contributed by atoms with Crippen molar-refractivity contribution in [2.75, 3.05) is 26.5 Å². The average Bonchev–Trinajstić information content (AvgIpc) is 2.39. The van der Waals surface area contributed by atoms with E-state index < -0.39 is 9.84 Å². The van der Waals surface area contributed by atoms with Gasteiger partial charge in [-0.05, 0) is 56.0 Å². The van der Waals surface area contributed by atoms with Crippen molar-refractivity contribution in [1.82, 2.24) is 5.32 Å². The largest absolute Gasteiger partial charge is 0.495 e. The Morgan fingerprint density at radius 2 is 2.21 bits per heavy atom. The number of ether oxygens (including phenoxy) is 1. The van der Waals surface area contributed by atoms with Gasteiger partial charge >= 0.3 is 0 Å². The second kappa shape index (κ2) is 5.92. The lowest BCUT2D eigenvalue weighted by molar-refractivity contribution is 0.375. The SMILES string of the molecule is COc1ccc(CC2CCCNC2)cc1S(C)(=O)=O. The first-order valence-corrected chi connectivity index (χ1v) is 8.47. The van der Waals surface area contributed by atoms with Crippen LogP contribution in [0.5, 0.6) is 5.75 Å². The van der Waals surface area contributed by atoms with Gasteiger partial charge in [0.05, 0.1) is 7.11 Å². The van der Waals surface area contributed by atoms with Gasteiger partial charge in [0.1, 0.15) is 10.6 Å². The Morgan fingerprint density at radius 3 is 2.79 bits per heavy atom. The highest BCUT2D eigenvalue weighted by molar-refractivity contribution is 7.90. The van der Waals surface area contributed by atoms with Gasteiger partial charge in [-0.3, -0.25) is 0 Å². The molecule has 0 aromatic heterocycles.